The molecule has 2 N–H and O–H groups in total. The molecule has 1 aliphatic rings. The maximum Gasteiger partial charge on any atom is 0.335 e. The van der Waals surface area contributed by atoms with Gasteiger partial charge >= 0.3 is 5.97 Å². The Kier molecular flexibility index (Phi) is 5.38. The molecule has 0 saturated carbocycles. The molecule has 178 valence electrons. The second-order valence-corrected chi connectivity index (χ2v) is 9.31. The van der Waals surface area contributed by atoms with Crippen molar-refractivity contribution in [3.05, 3.63) is 113 Å². The zero-order valence-corrected chi connectivity index (χ0v) is 19.8. The number of carboxylic acids is 1. The molecule has 3 aromatic carbocycles. The number of aromatic carboxylic acids is 1. The molecule has 6 rings (SSSR count). The van der Waals surface area contributed by atoms with Gasteiger partial charge < -0.3 is 19.4 Å². The molecule has 1 atom stereocenters. The highest BCUT2D eigenvalue weighted by molar-refractivity contribution is 6.33. The fourth-order valence-electron chi connectivity index (χ4n) is 4.95. The molecule has 1 aliphatic heterocycles. The Morgan fingerprint density at radius 1 is 1.06 bits per heavy atom. The number of hydrogen-bond acceptors (Lipinski definition) is 3. The number of hydrogen-bond donors (Lipinski definition) is 2. The molecule has 7 heteroatoms. The highest BCUT2D eigenvalue weighted by Gasteiger charge is 2.30. The van der Waals surface area contributed by atoms with Crippen LogP contribution in [0, 0.1) is 0 Å². The summed E-state index contributed by atoms with van der Waals surface area (Å²) in [4.78, 5) is 24.3. The Morgan fingerprint density at radius 3 is 2.69 bits per heavy atom. The van der Waals surface area contributed by atoms with Gasteiger partial charge in [-0.05, 0) is 53.6 Å². The van der Waals surface area contributed by atoms with E-state index in [4.69, 9.17) is 16.0 Å². The molecule has 36 heavy (non-hydrogen) atoms. The Morgan fingerprint density at radius 2 is 1.89 bits per heavy atom. The smallest absolute Gasteiger partial charge is 0.335 e. The van der Waals surface area contributed by atoms with Gasteiger partial charge in [0.05, 0.1) is 27.7 Å². The topological polar surface area (TPSA) is 84.5 Å². The van der Waals surface area contributed by atoms with Crippen molar-refractivity contribution in [1.29, 1.82) is 0 Å². The number of anilines is 1. The van der Waals surface area contributed by atoms with Crippen LogP contribution in [0.4, 0.5) is 5.69 Å². The number of carboxylic acid groups (broad SMARTS) is 1. The van der Waals surface area contributed by atoms with Crippen LogP contribution >= 0.6 is 11.6 Å². The minimum absolute atomic E-state index is 0.0952. The van der Waals surface area contributed by atoms with Gasteiger partial charge in [0, 0.05) is 30.1 Å². The summed E-state index contributed by atoms with van der Waals surface area (Å²) in [6, 6.07) is 24.3. The van der Waals surface area contributed by atoms with Crippen LogP contribution in [0.1, 0.15) is 39.6 Å². The average Bonchev–Trinajstić information content (AvgIpc) is 3.46. The van der Waals surface area contributed by atoms with E-state index < -0.39 is 5.97 Å². The molecule has 3 heterocycles. The molecule has 2 aromatic heterocycles. The Bertz CT molecular complexity index is 1630. The number of rotatable bonds is 5. The molecule has 0 aliphatic carbocycles. The number of amides is 1. The van der Waals surface area contributed by atoms with E-state index >= 15 is 0 Å². The number of furan rings is 1. The lowest BCUT2D eigenvalue weighted by molar-refractivity contribution is -0.116. The minimum atomic E-state index is -1.04. The van der Waals surface area contributed by atoms with Crippen LogP contribution in [0.5, 0.6) is 0 Å². The maximum absolute atomic E-state index is 12.9. The van der Waals surface area contributed by atoms with E-state index in [1.54, 1.807) is 12.1 Å². The van der Waals surface area contributed by atoms with Gasteiger partial charge in [0.25, 0.3) is 0 Å². The third-order valence-electron chi connectivity index (χ3n) is 6.62. The van der Waals surface area contributed by atoms with E-state index in [9.17, 15) is 14.7 Å². The first-order valence-electron chi connectivity index (χ1n) is 11.6. The van der Waals surface area contributed by atoms with Crippen LogP contribution in [0.25, 0.3) is 22.2 Å². The van der Waals surface area contributed by atoms with Crippen molar-refractivity contribution >= 4 is 40.1 Å². The highest BCUT2D eigenvalue weighted by Crippen LogP contribution is 2.42. The van der Waals surface area contributed by atoms with Crippen LogP contribution in [0.15, 0.2) is 89.5 Å². The molecule has 1 amide bonds. The number of carbonyl (C=O) groups excluding carboxylic acids is 1. The summed E-state index contributed by atoms with van der Waals surface area (Å²) >= 11 is 6.37. The number of nitrogens with one attached hydrogen (secondary N) is 1. The fraction of sp³-hybridized carbons (Fsp3) is 0.103. The van der Waals surface area contributed by atoms with Gasteiger partial charge in [-0.3, -0.25) is 4.79 Å². The lowest BCUT2D eigenvalue weighted by Gasteiger charge is -2.11. The van der Waals surface area contributed by atoms with Gasteiger partial charge in [0.1, 0.15) is 11.5 Å². The summed E-state index contributed by atoms with van der Waals surface area (Å²) in [5, 5.41) is 13.8. The summed E-state index contributed by atoms with van der Waals surface area (Å²) in [5.74, 6) is -0.382. The van der Waals surface area contributed by atoms with Crippen molar-refractivity contribution in [2.45, 2.75) is 18.9 Å². The number of nitrogens with zero attached hydrogens (tertiary/aromatic N) is 1. The quantitative estimate of drug-likeness (QED) is 0.281. The molecular weight excluding hydrogens is 476 g/mol. The van der Waals surface area contributed by atoms with Crippen LogP contribution in [0.3, 0.4) is 0 Å². The zero-order chi connectivity index (χ0) is 24.8. The van der Waals surface area contributed by atoms with Crippen LogP contribution in [-0.2, 0) is 11.3 Å². The molecular formula is C29H21ClN2O4. The number of carbonyl (C=O) groups is 2. The Labute approximate surface area is 211 Å². The lowest BCUT2D eigenvalue weighted by Crippen LogP contribution is -2.13. The fourth-order valence-corrected chi connectivity index (χ4v) is 5.16. The van der Waals surface area contributed by atoms with Gasteiger partial charge in [-0.25, -0.2) is 4.79 Å². The van der Waals surface area contributed by atoms with Crippen molar-refractivity contribution in [3.8, 4) is 11.3 Å². The molecule has 0 radical (unpaired) electrons. The predicted octanol–water partition coefficient (Wildman–Crippen LogP) is 6.78. The van der Waals surface area contributed by atoms with E-state index in [0.717, 1.165) is 22.2 Å². The molecule has 0 bridgehead atoms. The third kappa shape index (κ3) is 3.85. The van der Waals surface area contributed by atoms with E-state index in [-0.39, 0.29) is 23.8 Å². The van der Waals surface area contributed by atoms with Crippen LogP contribution in [0.2, 0.25) is 5.02 Å². The van der Waals surface area contributed by atoms with Crippen molar-refractivity contribution < 1.29 is 19.1 Å². The standard InChI is InChI=1S/C29H21ClN2O4/c30-22-10-9-18(29(34)35)13-20(22)26-12-11-25(36-26)19-14-27(33)31-23-7-4-8-24-28(23)21(19)16-32(24)15-17-5-2-1-3-6-17/h1-13,16,19H,14-15H2,(H,31,33)(H,34,35). The molecule has 1 unspecified atom stereocenters. The summed E-state index contributed by atoms with van der Waals surface area (Å²) in [6.07, 6.45) is 2.32. The average molecular weight is 497 g/mol. The van der Waals surface area contributed by atoms with Gasteiger partial charge in [-0.15, -0.1) is 0 Å². The van der Waals surface area contributed by atoms with E-state index in [0.29, 0.717) is 28.7 Å². The molecule has 5 aromatic rings. The normalized spacial score (nSPS) is 15.0. The third-order valence-corrected chi connectivity index (χ3v) is 6.95. The largest absolute Gasteiger partial charge is 0.478 e. The zero-order valence-electron chi connectivity index (χ0n) is 19.1. The van der Waals surface area contributed by atoms with Gasteiger partial charge in [-0.2, -0.15) is 0 Å². The van der Waals surface area contributed by atoms with E-state index in [1.807, 2.05) is 36.4 Å². The van der Waals surface area contributed by atoms with Gasteiger partial charge in [0.2, 0.25) is 5.91 Å². The first-order valence-corrected chi connectivity index (χ1v) is 11.9. The van der Waals surface area contributed by atoms with Crippen molar-refractivity contribution in [1.82, 2.24) is 4.57 Å². The highest BCUT2D eigenvalue weighted by atomic mass is 35.5. The van der Waals surface area contributed by atoms with Crippen molar-refractivity contribution in [3.63, 3.8) is 0 Å². The van der Waals surface area contributed by atoms with Crippen molar-refractivity contribution in [2.24, 2.45) is 0 Å². The molecule has 0 fully saturated rings. The maximum atomic E-state index is 12.9. The van der Waals surface area contributed by atoms with Crippen LogP contribution in [-0.4, -0.2) is 21.6 Å². The number of halogens is 1. The van der Waals surface area contributed by atoms with E-state index in [2.05, 4.69) is 34.3 Å². The summed E-state index contributed by atoms with van der Waals surface area (Å²) < 4.78 is 8.44. The van der Waals surface area contributed by atoms with Gasteiger partial charge in [-0.1, -0.05) is 48.0 Å². The van der Waals surface area contributed by atoms with Crippen molar-refractivity contribution in [2.75, 3.05) is 5.32 Å². The summed E-state index contributed by atoms with van der Waals surface area (Å²) in [7, 11) is 0. The van der Waals surface area contributed by atoms with E-state index in [1.165, 1.54) is 17.7 Å². The van der Waals surface area contributed by atoms with Gasteiger partial charge in [0.15, 0.2) is 0 Å². The minimum Gasteiger partial charge on any atom is -0.478 e. The molecule has 0 spiro atoms. The van der Waals surface area contributed by atoms with Crippen LogP contribution < -0.4 is 5.32 Å². The summed E-state index contributed by atoms with van der Waals surface area (Å²) in [6.45, 7) is 0.697. The predicted molar refractivity (Wildman–Crippen MR) is 139 cm³/mol. The first-order chi connectivity index (χ1) is 17.5. The molecule has 0 saturated heterocycles. The SMILES string of the molecule is O=C1CC(c2ccc(-c3cc(C(=O)O)ccc3Cl)o2)c2cn(Cc3ccccc3)c3cccc(c23)N1. The Hall–Kier alpha value is -4.29. The number of benzene rings is 3. The second kappa shape index (κ2) is 8.73. The number of aromatic nitrogens is 1. The first kappa shape index (κ1) is 22.2. The monoisotopic (exact) mass is 496 g/mol. The summed E-state index contributed by atoms with van der Waals surface area (Å²) in [5.41, 5.74) is 4.61. The lowest BCUT2D eigenvalue weighted by atomic mass is 9.93. The molecule has 6 nitrogen and oxygen atoms in total. The Balaban J connectivity index is 1.46. The second-order valence-electron chi connectivity index (χ2n) is 8.90.